The minimum absolute atomic E-state index is 1.15. The highest BCUT2D eigenvalue weighted by atomic mass is 15.1. The van der Waals surface area contributed by atoms with Gasteiger partial charge in [-0.2, -0.15) is 0 Å². The van der Waals surface area contributed by atoms with E-state index in [1.54, 1.807) is 0 Å². The van der Waals surface area contributed by atoms with Crippen molar-refractivity contribution in [3.8, 4) is 0 Å². The zero-order valence-corrected chi connectivity index (χ0v) is 18.3. The van der Waals surface area contributed by atoms with E-state index in [1.165, 1.54) is 134 Å². The average molecular weight is 385 g/mol. The van der Waals surface area contributed by atoms with Gasteiger partial charge in [0.2, 0.25) is 0 Å². The quantitative estimate of drug-likeness (QED) is 0.577. The molecule has 2 aliphatic heterocycles. The Morgan fingerprint density at radius 3 is 1.61 bits per heavy atom. The summed E-state index contributed by atoms with van der Waals surface area (Å²) in [6.45, 7) is 7.60. The molecule has 2 saturated heterocycles. The first kappa shape index (κ1) is 21.8. The van der Waals surface area contributed by atoms with Crippen LogP contribution in [-0.2, 0) is 13.0 Å². The van der Waals surface area contributed by atoms with Gasteiger partial charge in [-0.1, -0.05) is 82.1 Å². The lowest BCUT2D eigenvalue weighted by atomic mass is 10.1. The van der Waals surface area contributed by atoms with Crippen LogP contribution in [0.3, 0.4) is 0 Å². The third-order valence-electron chi connectivity index (χ3n) is 6.76. The number of hydrogen-bond donors (Lipinski definition) is 0. The van der Waals surface area contributed by atoms with Crippen molar-refractivity contribution in [2.45, 2.75) is 96.4 Å². The van der Waals surface area contributed by atoms with E-state index in [4.69, 9.17) is 0 Å². The summed E-state index contributed by atoms with van der Waals surface area (Å²) in [5.74, 6) is 0. The normalized spacial score (nSPS) is 22.1. The van der Waals surface area contributed by atoms with Gasteiger partial charge in [0, 0.05) is 13.1 Å². The molecule has 0 aliphatic carbocycles. The molecule has 0 N–H and O–H groups in total. The van der Waals surface area contributed by atoms with Crippen LogP contribution in [0, 0.1) is 0 Å². The second-order valence-corrected chi connectivity index (χ2v) is 9.28. The van der Waals surface area contributed by atoms with Crippen LogP contribution in [0.2, 0.25) is 0 Å². The van der Waals surface area contributed by atoms with Gasteiger partial charge < -0.3 is 4.90 Å². The lowest BCUT2D eigenvalue weighted by molar-refractivity contribution is 0.231. The van der Waals surface area contributed by atoms with Crippen LogP contribution < -0.4 is 0 Å². The topological polar surface area (TPSA) is 6.48 Å². The number of rotatable bonds is 5. The maximum absolute atomic E-state index is 2.74. The summed E-state index contributed by atoms with van der Waals surface area (Å²) < 4.78 is 0. The minimum atomic E-state index is 1.15. The molecule has 0 aromatic heterocycles. The third kappa shape index (κ3) is 8.66. The van der Waals surface area contributed by atoms with Crippen LogP contribution in [0.5, 0.6) is 0 Å². The van der Waals surface area contributed by atoms with E-state index in [1.807, 2.05) is 0 Å². The predicted octanol–water partition coefficient (Wildman–Crippen LogP) is 6.43. The zero-order valence-electron chi connectivity index (χ0n) is 18.3. The van der Waals surface area contributed by atoms with Gasteiger partial charge in [0.05, 0.1) is 0 Å². The van der Waals surface area contributed by atoms with Crippen LogP contribution in [0.25, 0.3) is 0 Å². The van der Waals surface area contributed by atoms with E-state index in [9.17, 15) is 0 Å². The molecule has 1 aromatic carbocycles. The van der Waals surface area contributed by atoms with Gasteiger partial charge in [-0.15, -0.1) is 0 Å². The summed E-state index contributed by atoms with van der Waals surface area (Å²) in [6, 6.07) is 9.48. The zero-order chi connectivity index (χ0) is 19.3. The summed E-state index contributed by atoms with van der Waals surface area (Å²) in [5.41, 5.74) is 3.06. The van der Waals surface area contributed by atoms with Crippen LogP contribution in [-0.4, -0.2) is 42.5 Å². The molecule has 2 heterocycles. The summed E-state index contributed by atoms with van der Waals surface area (Å²) in [7, 11) is 0. The molecule has 0 spiro atoms. The fraction of sp³-hybridized carbons (Fsp3) is 0.769. The SMILES string of the molecule is c1cc(CCN2CCCCC2)cc(CN2CCCCCCCCCCCC2)c1. The lowest BCUT2D eigenvalue weighted by Gasteiger charge is -2.26. The van der Waals surface area contributed by atoms with Crippen molar-refractivity contribution >= 4 is 0 Å². The molecule has 2 nitrogen and oxygen atoms in total. The summed E-state index contributed by atoms with van der Waals surface area (Å²) in [5, 5.41) is 0. The molecular weight excluding hydrogens is 340 g/mol. The first-order chi connectivity index (χ1) is 13.9. The molecular formula is C26H44N2. The fourth-order valence-corrected chi connectivity index (χ4v) is 4.97. The van der Waals surface area contributed by atoms with Gasteiger partial charge in [-0.05, 0) is 69.4 Å². The molecule has 0 bridgehead atoms. The Hall–Kier alpha value is -0.860. The highest BCUT2D eigenvalue weighted by Crippen LogP contribution is 2.16. The van der Waals surface area contributed by atoms with Gasteiger partial charge in [0.1, 0.15) is 0 Å². The summed E-state index contributed by atoms with van der Waals surface area (Å²) in [6.07, 6.45) is 19.8. The number of piperidine rings is 1. The van der Waals surface area contributed by atoms with Crippen LogP contribution >= 0.6 is 0 Å². The molecule has 2 fully saturated rings. The Kier molecular flexibility index (Phi) is 10.4. The second kappa shape index (κ2) is 13.4. The van der Waals surface area contributed by atoms with Crippen molar-refractivity contribution in [1.29, 1.82) is 0 Å². The Balaban J connectivity index is 1.48. The fourth-order valence-electron chi connectivity index (χ4n) is 4.97. The van der Waals surface area contributed by atoms with Crippen molar-refractivity contribution in [3.05, 3.63) is 35.4 Å². The van der Waals surface area contributed by atoms with E-state index < -0.39 is 0 Å². The summed E-state index contributed by atoms with van der Waals surface area (Å²) >= 11 is 0. The smallest absolute Gasteiger partial charge is 0.0233 e. The number of benzene rings is 1. The molecule has 158 valence electrons. The van der Waals surface area contributed by atoms with Crippen LogP contribution in [0.15, 0.2) is 24.3 Å². The van der Waals surface area contributed by atoms with Crippen molar-refractivity contribution in [2.75, 3.05) is 32.7 Å². The van der Waals surface area contributed by atoms with Gasteiger partial charge in [0.25, 0.3) is 0 Å². The molecule has 0 amide bonds. The molecule has 2 aliphatic rings. The Bertz CT molecular complexity index is 507. The number of likely N-dealkylation sites (tertiary alicyclic amines) is 1. The molecule has 0 unspecified atom stereocenters. The maximum Gasteiger partial charge on any atom is 0.0233 e. The van der Waals surface area contributed by atoms with Crippen LogP contribution in [0.4, 0.5) is 0 Å². The summed E-state index contributed by atoms with van der Waals surface area (Å²) in [4.78, 5) is 5.40. The maximum atomic E-state index is 2.74. The largest absolute Gasteiger partial charge is 0.303 e. The van der Waals surface area contributed by atoms with Gasteiger partial charge >= 0.3 is 0 Å². The van der Waals surface area contributed by atoms with Crippen LogP contribution in [0.1, 0.15) is 94.6 Å². The predicted molar refractivity (Wildman–Crippen MR) is 122 cm³/mol. The molecule has 0 saturated carbocycles. The van der Waals surface area contributed by atoms with Crippen molar-refractivity contribution in [1.82, 2.24) is 9.80 Å². The molecule has 2 heteroatoms. The van der Waals surface area contributed by atoms with E-state index in [-0.39, 0.29) is 0 Å². The van der Waals surface area contributed by atoms with Crippen molar-refractivity contribution < 1.29 is 0 Å². The second-order valence-electron chi connectivity index (χ2n) is 9.28. The van der Waals surface area contributed by atoms with Gasteiger partial charge in [0.15, 0.2) is 0 Å². The highest BCUT2D eigenvalue weighted by molar-refractivity contribution is 5.23. The Morgan fingerprint density at radius 2 is 1.00 bits per heavy atom. The third-order valence-corrected chi connectivity index (χ3v) is 6.76. The highest BCUT2D eigenvalue weighted by Gasteiger charge is 2.11. The van der Waals surface area contributed by atoms with E-state index >= 15 is 0 Å². The van der Waals surface area contributed by atoms with Gasteiger partial charge in [-0.3, -0.25) is 4.90 Å². The first-order valence-electron chi connectivity index (χ1n) is 12.4. The first-order valence-corrected chi connectivity index (χ1v) is 12.4. The van der Waals surface area contributed by atoms with E-state index in [0.717, 1.165) is 6.54 Å². The van der Waals surface area contributed by atoms with Gasteiger partial charge in [-0.25, -0.2) is 0 Å². The molecule has 1 aromatic rings. The molecule has 3 rings (SSSR count). The number of nitrogens with zero attached hydrogens (tertiary/aromatic N) is 2. The lowest BCUT2D eigenvalue weighted by Crippen LogP contribution is -2.31. The number of hydrogen-bond acceptors (Lipinski definition) is 2. The van der Waals surface area contributed by atoms with Crippen molar-refractivity contribution in [2.24, 2.45) is 0 Å². The average Bonchev–Trinajstić information content (AvgIpc) is 2.76. The van der Waals surface area contributed by atoms with E-state index in [2.05, 4.69) is 34.1 Å². The van der Waals surface area contributed by atoms with E-state index in [0.29, 0.717) is 0 Å². The molecule has 0 radical (unpaired) electrons. The van der Waals surface area contributed by atoms with Crippen molar-refractivity contribution in [3.63, 3.8) is 0 Å². The molecule has 28 heavy (non-hydrogen) atoms. The monoisotopic (exact) mass is 384 g/mol. The molecule has 0 atom stereocenters. The Morgan fingerprint density at radius 1 is 0.536 bits per heavy atom. The minimum Gasteiger partial charge on any atom is -0.303 e. The standard InChI is InChI=1S/C26H44N2/c1-2-4-6-8-11-21-28(20-10-7-5-3-1)24-26-16-14-15-25(23-26)17-22-27-18-12-9-13-19-27/h14-16,23H,1-13,17-22,24H2. The Labute approximate surface area is 174 Å².